The molecule has 1 aromatic heterocycles. The Labute approximate surface area is 145 Å². The highest BCUT2D eigenvalue weighted by Crippen LogP contribution is 2.23. The largest absolute Gasteiger partial charge is 0.486 e. The van der Waals surface area contributed by atoms with Crippen molar-refractivity contribution in [3.8, 4) is 17.0 Å². The van der Waals surface area contributed by atoms with E-state index >= 15 is 0 Å². The van der Waals surface area contributed by atoms with Gasteiger partial charge in [-0.2, -0.15) is 0 Å². The highest BCUT2D eigenvalue weighted by atomic mass is 16.5. The van der Waals surface area contributed by atoms with Gasteiger partial charge in [-0.1, -0.05) is 35.5 Å². The maximum atomic E-state index is 11.3. The van der Waals surface area contributed by atoms with Gasteiger partial charge < -0.3 is 14.0 Å². The molecule has 128 valence electrons. The van der Waals surface area contributed by atoms with Crippen LogP contribution in [0.15, 0.2) is 59.1 Å². The Hall–Kier alpha value is -3.28. The number of carbonyl (C=O) groups excluding carboxylic acids is 1. The Morgan fingerprint density at radius 1 is 1.16 bits per heavy atom. The molecule has 0 aliphatic carbocycles. The smallest absolute Gasteiger partial charge is 0.411 e. The van der Waals surface area contributed by atoms with Gasteiger partial charge in [0, 0.05) is 17.3 Å². The van der Waals surface area contributed by atoms with Gasteiger partial charge in [0.2, 0.25) is 0 Å². The number of benzene rings is 2. The fourth-order valence-electron chi connectivity index (χ4n) is 2.31. The molecular weight excluding hydrogens is 320 g/mol. The van der Waals surface area contributed by atoms with Gasteiger partial charge in [0.1, 0.15) is 18.1 Å². The number of ether oxygens (including phenoxy) is 2. The molecule has 0 aliphatic rings. The number of aryl methyl sites for hydroxylation is 1. The van der Waals surface area contributed by atoms with Crippen molar-refractivity contribution in [3.05, 3.63) is 65.9 Å². The van der Waals surface area contributed by atoms with Crippen molar-refractivity contribution < 1.29 is 18.8 Å². The predicted molar refractivity (Wildman–Crippen MR) is 93.5 cm³/mol. The summed E-state index contributed by atoms with van der Waals surface area (Å²) in [4.78, 5) is 11.3. The molecule has 0 spiro atoms. The summed E-state index contributed by atoms with van der Waals surface area (Å²) in [6.07, 6.45) is -0.508. The van der Waals surface area contributed by atoms with E-state index in [4.69, 9.17) is 9.26 Å². The summed E-state index contributed by atoms with van der Waals surface area (Å²) in [6, 6.07) is 17.0. The summed E-state index contributed by atoms with van der Waals surface area (Å²) < 4.78 is 15.6. The normalized spacial score (nSPS) is 10.3. The van der Waals surface area contributed by atoms with Gasteiger partial charge in [-0.3, -0.25) is 5.32 Å². The average Bonchev–Trinajstić information content (AvgIpc) is 3.11. The van der Waals surface area contributed by atoms with Crippen molar-refractivity contribution in [1.29, 1.82) is 0 Å². The minimum Gasteiger partial charge on any atom is -0.486 e. The summed E-state index contributed by atoms with van der Waals surface area (Å²) in [5.41, 5.74) is 3.30. The fraction of sp³-hybridized carbons (Fsp3) is 0.158. The number of aromatic nitrogens is 1. The van der Waals surface area contributed by atoms with Crippen molar-refractivity contribution in [2.24, 2.45) is 0 Å². The molecule has 2 aromatic carbocycles. The summed E-state index contributed by atoms with van der Waals surface area (Å²) in [5, 5.41) is 6.69. The zero-order chi connectivity index (χ0) is 17.6. The first-order chi connectivity index (χ1) is 12.2. The van der Waals surface area contributed by atoms with Gasteiger partial charge in [-0.05, 0) is 30.7 Å². The van der Waals surface area contributed by atoms with E-state index in [0.29, 0.717) is 17.2 Å². The Morgan fingerprint density at radius 3 is 2.68 bits per heavy atom. The van der Waals surface area contributed by atoms with Crippen LogP contribution in [0.5, 0.6) is 5.75 Å². The van der Waals surface area contributed by atoms with Crippen LogP contribution in [0, 0.1) is 6.92 Å². The van der Waals surface area contributed by atoms with E-state index in [1.165, 1.54) is 7.11 Å². The molecule has 0 fully saturated rings. The number of carbonyl (C=O) groups is 1. The van der Waals surface area contributed by atoms with Crippen LogP contribution in [-0.2, 0) is 11.3 Å². The Morgan fingerprint density at radius 2 is 1.96 bits per heavy atom. The molecule has 3 rings (SSSR count). The second kappa shape index (κ2) is 7.53. The van der Waals surface area contributed by atoms with Crippen molar-refractivity contribution in [2.75, 3.05) is 12.4 Å². The first kappa shape index (κ1) is 16.6. The zero-order valence-corrected chi connectivity index (χ0v) is 14.0. The maximum absolute atomic E-state index is 11.3. The van der Waals surface area contributed by atoms with Crippen LogP contribution >= 0.6 is 0 Å². The number of anilines is 1. The second-order valence-corrected chi connectivity index (χ2v) is 5.43. The molecular formula is C19H18N2O4. The third-order valence-electron chi connectivity index (χ3n) is 3.63. The molecule has 25 heavy (non-hydrogen) atoms. The van der Waals surface area contributed by atoms with E-state index in [1.807, 2.05) is 49.4 Å². The monoisotopic (exact) mass is 338 g/mol. The van der Waals surface area contributed by atoms with Crippen LogP contribution in [0.2, 0.25) is 0 Å². The summed E-state index contributed by atoms with van der Waals surface area (Å²) in [5.74, 6) is 1.30. The Kier molecular flexibility index (Phi) is 4.99. The van der Waals surface area contributed by atoms with Crippen molar-refractivity contribution >= 4 is 11.8 Å². The van der Waals surface area contributed by atoms with Crippen LogP contribution in [0.1, 0.15) is 11.3 Å². The molecule has 0 aliphatic heterocycles. The topological polar surface area (TPSA) is 73.6 Å². The lowest BCUT2D eigenvalue weighted by atomic mass is 10.1. The average molecular weight is 338 g/mol. The van der Waals surface area contributed by atoms with Crippen LogP contribution in [-0.4, -0.2) is 18.4 Å². The van der Waals surface area contributed by atoms with Gasteiger partial charge in [0.25, 0.3) is 0 Å². The van der Waals surface area contributed by atoms with Crippen LogP contribution in [0.25, 0.3) is 11.3 Å². The van der Waals surface area contributed by atoms with E-state index < -0.39 is 6.09 Å². The van der Waals surface area contributed by atoms with Crippen LogP contribution < -0.4 is 10.1 Å². The fourth-order valence-corrected chi connectivity index (χ4v) is 2.31. The van der Waals surface area contributed by atoms with E-state index in [1.54, 1.807) is 12.1 Å². The number of rotatable bonds is 5. The van der Waals surface area contributed by atoms with Gasteiger partial charge >= 0.3 is 6.09 Å². The molecule has 1 N–H and O–H groups in total. The lowest BCUT2D eigenvalue weighted by Crippen LogP contribution is -2.11. The van der Waals surface area contributed by atoms with E-state index in [-0.39, 0.29) is 6.61 Å². The molecule has 0 atom stereocenters. The number of nitrogens with zero attached hydrogens (tertiary/aromatic N) is 1. The Balaban J connectivity index is 1.63. The summed E-state index contributed by atoms with van der Waals surface area (Å²) in [7, 11) is 1.32. The first-order valence-electron chi connectivity index (χ1n) is 7.75. The van der Waals surface area contributed by atoms with Crippen LogP contribution in [0.4, 0.5) is 10.5 Å². The third-order valence-corrected chi connectivity index (χ3v) is 3.63. The van der Waals surface area contributed by atoms with Gasteiger partial charge in [0.05, 0.1) is 7.11 Å². The standard InChI is InChI=1S/C19H18N2O4/c1-13-10-15(8-9-17(13)20-19(22)23-2)24-12-16-11-18(21-25-16)14-6-4-3-5-7-14/h3-11H,12H2,1-2H3,(H,20,22). The minimum atomic E-state index is -0.508. The van der Waals surface area contributed by atoms with Gasteiger partial charge in [0.15, 0.2) is 5.76 Å². The SMILES string of the molecule is COC(=O)Nc1ccc(OCc2cc(-c3ccccc3)no2)cc1C. The molecule has 3 aromatic rings. The highest BCUT2D eigenvalue weighted by molar-refractivity contribution is 5.85. The quantitative estimate of drug-likeness (QED) is 0.746. The molecule has 1 amide bonds. The third kappa shape index (κ3) is 4.17. The highest BCUT2D eigenvalue weighted by Gasteiger charge is 2.08. The maximum Gasteiger partial charge on any atom is 0.411 e. The lowest BCUT2D eigenvalue weighted by molar-refractivity contribution is 0.187. The first-order valence-corrected chi connectivity index (χ1v) is 7.75. The molecule has 6 heteroatoms. The van der Waals surface area contributed by atoms with Gasteiger partial charge in [-0.25, -0.2) is 4.79 Å². The molecule has 1 heterocycles. The molecule has 6 nitrogen and oxygen atoms in total. The number of hydrogen-bond acceptors (Lipinski definition) is 5. The van der Waals surface area contributed by atoms with Crippen molar-refractivity contribution in [1.82, 2.24) is 5.16 Å². The second-order valence-electron chi connectivity index (χ2n) is 5.43. The zero-order valence-electron chi connectivity index (χ0n) is 14.0. The summed E-state index contributed by atoms with van der Waals surface area (Å²) in [6.45, 7) is 2.14. The lowest BCUT2D eigenvalue weighted by Gasteiger charge is -2.10. The van der Waals surface area contributed by atoms with Crippen molar-refractivity contribution in [3.63, 3.8) is 0 Å². The van der Waals surface area contributed by atoms with E-state index in [0.717, 1.165) is 16.8 Å². The van der Waals surface area contributed by atoms with E-state index in [9.17, 15) is 4.79 Å². The molecule has 0 unspecified atom stereocenters. The molecule has 0 bridgehead atoms. The molecule has 0 saturated carbocycles. The number of nitrogens with one attached hydrogen (secondary N) is 1. The summed E-state index contributed by atoms with van der Waals surface area (Å²) >= 11 is 0. The van der Waals surface area contributed by atoms with Crippen molar-refractivity contribution in [2.45, 2.75) is 13.5 Å². The predicted octanol–water partition coefficient (Wildman–Crippen LogP) is 4.41. The number of amides is 1. The minimum absolute atomic E-state index is 0.267. The molecule has 0 saturated heterocycles. The van der Waals surface area contributed by atoms with Crippen LogP contribution in [0.3, 0.4) is 0 Å². The Bertz CT molecular complexity index is 859. The van der Waals surface area contributed by atoms with E-state index in [2.05, 4.69) is 15.2 Å². The van der Waals surface area contributed by atoms with Gasteiger partial charge in [-0.15, -0.1) is 0 Å². The number of methoxy groups -OCH3 is 1. The number of hydrogen-bond donors (Lipinski definition) is 1. The molecule has 0 radical (unpaired) electrons.